The molecule has 7 nitrogen and oxygen atoms in total. The zero-order valence-electron chi connectivity index (χ0n) is 15.8. The number of nitrogens with zero attached hydrogens (tertiary/aromatic N) is 4. The molecule has 0 spiro atoms. The minimum absolute atomic E-state index is 0.159. The molecule has 28 heavy (non-hydrogen) atoms. The second-order valence-corrected chi connectivity index (χ2v) is 6.96. The molecule has 0 radical (unpaired) electrons. The molecule has 0 unspecified atom stereocenters. The molecule has 0 atom stereocenters. The molecule has 1 aliphatic rings. The smallest absolute Gasteiger partial charge is 0.270 e. The van der Waals surface area contributed by atoms with E-state index in [-0.39, 0.29) is 12.1 Å². The molecular weight excluding hydrogens is 380 g/mol. The van der Waals surface area contributed by atoms with Gasteiger partial charge in [0, 0.05) is 36.4 Å². The van der Waals surface area contributed by atoms with Crippen LogP contribution >= 0.6 is 11.6 Å². The molecule has 1 aliphatic heterocycles. The molecule has 2 aromatic heterocycles. The van der Waals surface area contributed by atoms with E-state index in [0.29, 0.717) is 28.7 Å². The van der Waals surface area contributed by atoms with Crippen molar-refractivity contribution in [2.75, 3.05) is 13.2 Å². The molecule has 3 heterocycles. The van der Waals surface area contributed by atoms with Crippen LogP contribution in [0.25, 0.3) is 0 Å². The van der Waals surface area contributed by atoms with Gasteiger partial charge in [-0.3, -0.25) is 4.79 Å². The SMILES string of the molecule is C1CCOC1.Cc1ccnn(Cc2nc(CCc3ccc(Cl)cc3)no2)c1=O. The zero-order valence-corrected chi connectivity index (χ0v) is 16.6. The molecule has 148 valence electrons. The highest BCUT2D eigenvalue weighted by Crippen LogP contribution is 2.11. The van der Waals surface area contributed by atoms with Gasteiger partial charge in [0.05, 0.1) is 0 Å². The third-order valence-corrected chi connectivity index (χ3v) is 4.53. The van der Waals surface area contributed by atoms with Crippen LogP contribution < -0.4 is 5.56 Å². The molecule has 4 rings (SSSR count). The summed E-state index contributed by atoms with van der Waals surface area (Å²) >= 11 is 5.86. The number of ether oxygens (including phenoxy) is 1. The third-order valence-electron chi connectivity index (χ3n) is 4.28. The van der Waals surface area contributed by atoms with E-state index in [1.165, 1.54) is 17.5 Å². The van der Waals surface area contributed by atoms with Gasteiger partial charge in [0.15, 0.2) is 5.82 Å². The second-order valence-electron chi connectivity index (χ2n) is 6.53. The Morgan fingerprint density at radius 1 is 1.11 bits per heavy atom. The van der Waals surface area contributed by atoms with E-state index in [0.717, 1.165) is 25.2 Å². The van der Waals surface area contributed by atoms with Gasteiger partial charge in [-0.05, 0) is 49.9 Å². The van der Waals surface area contributed by atoms with Crippen LogP contribution in [0.15, 0.2) is 45.8 Å². The highest BCUT2D eigenvalue weighted by molar-refractivity contribution is 6.30. The molecule has 1 aromatic carbocycles. The maximum atomic E-state index is 11.9. The summed E-state index contributed by atoms with van der Waals surface area (Å²) in [7, 11) is 0. The first kappa shape index (κ1) is 20.2. The van der Waals surface area contributed by atoms with Gasteiger partial charge in [0.2, 0.25) is 5.89 Å². The predicted octanol–water partition coefficient (Wildman–Crippen LogP) is 3.22. The van der Waals surface area contributed by atoms with E-state index < -0.39 is 0 Å². The highest BCUT2D eigenvalue weighted by atomic mass is 35.5. The average Bonchev–Trinajstić information content (AvgIpc) is 3.40. The monoisotopic (exact) mass is 402 g/mol. The molecule has 0 saturated carbocycles. The van der Waals surface area contributed by atoms with Gasteiger partial charge < -0.3 is 9.26 Å². The standard InChI is InChI=1S/C16H15ClN4O2.C4H8O/c1-11-8-9-18-21(16(11)22)10-15-19-14(20-23-15)7-4-12-2-5-13(17)6-3-12;1-2-4-5-3-1/h2-3,5-6,8-9H,4,7,10H2,1H3;1-4H2. The van der Waals surface area contributed by atoms with Crippen molar-refractivity contribution in [2.24, 2.45) is 0 Å². The molecule has 1 fully saturated rings. The van der Waals surface area contributed by atoms with Crippen LogP contribution in [-0.2, 0) is 24.1 Å². The van der Waals surface area contributed by atoms with Gasteiger partial charge in [0.1, 0.15) is 6.54 Å². The van der Waals surface area contributed by atoms with Gasteiger partial charge in [-0.2, -0.15) is 10.1 Å². The predicted molar refractivity (Wildman–Crippen MR) is 106 cm³/mol. The van der Waals surface area contributed by atoms with E-state index in [1.807, 2.05) is 24.3 Å². The quantitative estimate of drug-likeness (QED) is 0.651. The lowest BCUT2D eigenvalue weighted by molar-refractivity contribution is 0.198. The zero-order chi connectivity index (χ0) is 19.8. The van der Waals surface area contributed by atoms with Crippen LogP contribution in [0.3, 0.4) is 0 Å². The van der Waals surface area contributed by atoms with E-state index in [9.17, 15) is 4.79 Å². The first-order chi connectivity index (χ1) is 13.6. The van der Waals surface area contributed by atoms with Crippen LogP contribution in [0.1, 0.15) is 35.7 Å². The summed E-state index contributed by atoms with van der Waals surface area (Å²) in [6.45, 7) is 3.92. The maximum absolute atomic E-state index is 11.9. The van der Waals surface area contributed by atoms with Gasteiger partial charge in [-0.25, -0.2) is 4.68 Å². The molecule has 0 amide bonds. The molecule has 8 heteroatoms. The first-order valence-corrected chi connectivity index (χ1v) is 9.66. The van der Waals surface area contributed by atoms with Crippen molar-refractivity contribution in [2.45, 2.75) is 39.2 Å². The van der Waals surface area contributed by atoms with Crippen molar-refractivity contribution in [3.63, 3.8) is 0 Å². The lowest BCUT2D eigenvalue weighted by atomic mass is 10.1. The van der Waals surface area contributed by atoms with Crippen LogP contribution in [-0.4, -0.2) is 33.1 Å². The van der Waals surface area contributed by atoms with Crippen molar-refractivity contribution in [3.05, 3.63) is 74.7 Å². The minimum Gasteiger partial charge on any atom is -0.381 e. The van der Waals surface area contributed by atoms with E-state index in [2.05, 4.69) is 15.2 Å². The molecule has 0 bridgehead atoms. The first-order valence-electron chi connectivity index (χ1n) is 9.28. The molecule has 0 aliphatic carbocycles. The number of benzene rings is 1. The Labute approximate surface area is 168 Å². The summed E-state index contributed by atoms with van der Waals surface area (Å²) < 4.78 is 11.4. The summed E-state index contributed by atoms with van der Waals surface area (Å²) in [6, 6.07) is 9.33. The van der Waals surface area contributed by atoms with Crippen LogP contribution in [0.5, 0.6) is 0 Å². The van der Waals surface area contributed by atoms with Gasteiger partial charge in [-0.15, -0.1) is 0 Å². The summed E-state index contributed by atoms with van der Waals surface area (Å²) in [4.78, 5) is 16.2. The van der Waals surface area contributed by atoms with Gasteiger partial charge in [-0.1, -0.05) is 28.9 Å². The van der Waals surface area contributed by atoms with Crippen molar-refractivity contribution in [1.29, 1.82) is 0 Å². The molecule has 3 aromatic rings. The molecule has 0 N–H and O–H groups in total. The summed E-state index contributed by atoms with van der Waals surface area (Å²) in [5, 5.41) is 8.67. The van der Waals surface area contributed by atoms with Gasteiger partial charge in [0.25, 0.3) is 5.56 Å². The van der Waals surface area contributed by atoms with Crippen molar-refractivity contribution in [3.8, 4) is 0 Å². The number of hydrogen-bond acceptors (Lipinski definition) is 6. The fourth-order valence-corrected chi connectivity index (χ4v) is 2.79. The van der Waals surface area contributed by atoms with Gasteiger partial charge >= 0.3 is 0 Å². The average molecular weight is 403 g/mol. The number of aryl methyl sites for hydroxylation is 3. The molecule has 1 saturated heterocycles. The Balaban J connectivity index is 0.000000391. The van der Waals surface area contributed by atoms with Crippen molar-refractivity contribution < 1.29 is 9.26 Å². The number of aromatic nitrogens is 4. The normalized spacial score (nSPS) is 13.2. The number of hydrogen-bond donors (Lipinski definition) is 0. The van der Waals surface area contributed by atoms with E-state index in [4.69, 9.17) is 20.9 Å². The Hall–Kier alpha value is -2.51. The van der Waals surface area contributed by atoms with E-state index >= 15 is 0 Å². The lowest BCUT2D eigenvalue weighted by Gasteiger charge is -2.00. The summed E-state index contributed by atoms with van der Waals surface area (Å²) in [5.41, 5.74) is 1.62. The number of halogens is 1. The number of rotatable bonds is 5. The highest BCUT2D eigenvalue weighted by Gasteiger charge is 2.09. The van der Waals surface area contributed by atoms with Crippen LogP contribution in [0, 0.1) is 6.92 Å². The molecular formula is C20H23ClN4O3. The Kier molecular flexibility index (Phi) is 7.33. The fourth-order valence-electron chi connectivity index (χ4n) is 2.67. The summed E-state index contributed by atoms with van der Waals surface area (Å²) in [6.07, 6.45) is 5.58. The summed E-state index contributed by atoms with van der Waals surface area (Å²) in [5.74, 6) is 0.979. The minimum atomic E-state index is -0.159. The fraction of sp³-hybridized carbons (Fsp3) is 0.400. The Morgan fingerprint density at radius 3 is 2.54 bits per heavy atom. The Bertz CT molecular complexity index is 926. The van der Waals surface area contributed by atoms with Crippen molar-refractivity contribution >= 4 is 11.6 Å². The van der Waals surface area contributed by atoms with E-state index in [1.54, 1.807) is 19.2 Å². The van der Waals surface area contributed by atoms with Crippen LogP contribution in [0.2, 0.25) is 5.02 Å². The Morgan fingerprint density at radius 2 is 1.86 bits per heavy atom. The van der Waals surface area contributed by atoms with Crippen LogP contribution in [0.4, 0.5) is 0 Å². The van der Waals surface area contributed by atoms with Crippen molar-refractivity contribution in [1.82, 2.24) is 19.9 Å². The third kappa shape index (κ3) is 6.00. The maximum Gasteiger partial charge on any atom is 0.270 e. The topological polar surface area (TPSA) is 83.0 Å². The second kappa shape index (κ2) is 10.1. The lowest BCUT2D eigenvalue weighted by Crippen LogP contribution is -2.24. The largest absolute Gasteiger partial charge is 0.381 e.